The predicted octanol–water partition coefficient (Wildman–Crippen LogP) is 1.92. The molecule has 2 fully saturated rings. The molecule has 190 valence electrons. The van der Waals surface area contributed by atoms with E-state index in [2.05, 4.69) is 38.1 Å². The Morgan fingerprint density at radius 2 is 1.43 bits per heavy atom. The largest absolute Gasteiger partial charge is 0.493 e. The zero-order valence-corrected chi connectivity index (χ0v) is 21.2. The summed E-state index contributed by atoms with van der Waals surface area (Å²) in [6, 6.07) is 5.31. The number of carbonyl (C=O) groups is 1. The molecule has 2 aromatic rings. The van der Waals surface area contributed by atoms with Gasteiger partial charge in [0.2, 0.25) is 11.7 Å². The molecule has 35 heavy (non-hydrogen) atoms. The van der Waals surface area contributed by atoms with E-state index in [1.54, 1.807) is 38.4 Å². The van der Waals surface area contributed by atoms with Crippen molar-refractivity contribution >= 4 is 23.5 Å². The van der Waals surface area contributed by atoms with Crippen molar-refractivity contribution in [2.45, 2.75) is 6.92 Å². The first-order valence-corrected chi connectivity index (χ1v) is 11.8. The van der Waals surface area contributed by atoms with E-state index < -0.39 is 0 Å². The maximum atomic E-state index is 12.9. The third kappa shape index (κ3) is 5.61. The Hall–Kier alpha value is -3.47. The van der Waals surface area contributed by atoms with Crippen LogP contribution < -0.4 is 29.3 Å². The minimum absolute atomic E-state index is 0.179. The molecule has 1 aromatic carbocycles. The number of aromatic nitrogens is 2. The first-order chi connectivity index (χ1) is 16.9. The molecular weight excluding hydrogens is 450 g/mol. The number of hydrogen-bond acceptors (Lipinski definition) is 9. The Bertz CT molecular complexity index is 1010. The number of benzene rings is 1. The summed E-state index contributed by atoms with van der Waals surface area (Å²) < 4.78 is 16.1. The molecule has 2 aliphatic rings. The Kier molecular flexibility index (Phi) is 7.64. The minimum atomic E-state index is -0.179. The van der Waals surface area contributed by atoms with E-state index in [9.17, 15) is 4.79 Å². The van der Waals surface area contributed by atoms with Gasteiger partial charge >= 0.3 is 6.03 Å². The summed E-state index contributed by atoms with van der Waals surface area (Å²) >= 11 is 0. The van der Waals surface area contributed by atoms with Gasteiger partial charge in [0.25, 0.3) is 0 Å². The fourth-order valence-corrected chi connectivity index (χ4v) is 4.34. The number of hydrogen-bond donors (Lipinski definition) is 1. The van der Waals surface area contributed by atoms with Gasteiger partial charge in [-0.25, -0.2) is 9.78 Å². The molecule has 11 heteroatoms. The molecule has 2 aliphatic heterocycles. The molecule has 0 unspecified atom stereocenters. The minimum Gasteiger partial charge on any atom is -0.493 e. The quantitative estimate of drug-likeness (QED) is 0.658. The van der Waals surface area contributed by atoms with Gasteiger partial charge in [-0.3, -0.25) is 0 Å². The topological polar surface area (TPSA) is 95.5 Å². The summed E-state index contributed by atoms with van der Waals surface area (Å²) in [5, 5.41) is 2.94. The van der Waals surface area contributed by atoms with Crippen LogP contribution in [0.5, 0.6) is 17.2 Å². The number of aryl methyl sites for hydroxylation is 1. The van der Waals surface area contributed by atoms with Gasteiger partial charge in [-0.15, -0.1) is 0 Å². The van der Waals surface area contributed by atoms with Crippen LogP contribution in [-0.4, -0.2) is 107 Å². The lowest BCUT2D eigenvalue weighted by molar-refractivity contribution is 0.208. The molecule has 3 heterocycles. The van der Waals surface area contributed by atoms with Crippen LogP contribution in [0.15, 0.2) is 18.2 Å². The van der Waals surface area contributed by atoms with Crippen molar-refractivity contribution in [3.8, 4) is 17.2 Å². The Balaban J connectivity index is 1.39. The molecular formula is C24H35N7O4. The van der Waals surface area contributed by atoms with Crippen molar-refractivity contribution in [1.82, 2.24) is 19.8 Å². The predicted molar refractivity (Wildman–Crippen MR) is 135 cm³/mol. The summed E-state index contributed by atoms with van der Waals surface area (Å²) in [7, 11) is 6.78. The van der Waals surface area contributed by atoms with Crippen LogP contribution in [0, 0.1) is 6.92 Å². The van der Waals surface area contributed by atoms with Gasteiger partial charge in [0.1, 0.15) is 5.82 Å². The summed E-state index contributed by atoms with van der Waals surface area (Å²) in [4.78, 5) is 31.1. The number of urea groups is 1. The smallest absolute Gasteiger partial charge is 0.321 e. The van der Waals surface area contributed by atoms with Gasteiger partial charge in [-0.2, -0.15) is 4.98 Å². The van der Waals surface area contributed by atoms with Crippen LogP contribution in [0.1, 0.15) is 5.69 Å². The number of nitrogens with one attached hydrogen (secondary N) is 1. The number of carbonyl (C=O) groups excluding carboxylic acids is 1. The number of anilines is 3. The highest BCUT2D eigenvalue weighted by atomic mass is 16.5. The molecule has 0 aliphatic carbocycles. The highest BCUT2D eigenvalue weighted by Crippen LogP contribution is 2.40. The number of nitrogens with zero attached hydrogens (tertiary/aromatic N) is 6. The molecule has 2 amide bonds. The normalized spacial score (nSPS) is 16.8. The first kappa shape index (κ1) is 24.6. The lowest BCUT2D eigenvalue weighted by Crippen LogP contribution is -2.50. The van der Waals surface area contributed by atoms with Gasteiger partial charge < -0.3 is 39.1 Å². The van der Waals surface area contributed by atoms with Crippen molar-refractivity contribution in [2.24, 2.45) is 0 Å². The first-order valence-electron chi connectivity index (χ1n) is 11.8. The lowest BCUT2D eigenvalue weighted by Gasteiger charge is -2.36. The zero-order chi connectivity index (χ0) is 24.9. The van der Waals surface area contributed by atoms with E-state index in [0.29, 0.717) is 49.1 Å². The van der Waals surface area contributed by atoms with Crippen LogP contribution in [0.25, 0.3) is 0 Å². The van der Waals surface area contributed by atoms with Crippen LogP contribution in [-0.2, 0) is 0 Å². The van der Waals surface area contributed by atoms with Crippen molar-refractivity contribution in [2.75, 3.05) is 95.9 Å². The number of ether oxygens (including phenoxy) is 3. The van der Waals surface area contributed by atoms with Gasteiger partial charge in [0.05, 0.1) is 27.0 Å². The average Bonchev–Trinajstić information content (AvgIpc) is 2.88. The molecule has 0 bridgehead atoms. The second-order valence-electron chi connectivity index (χ2n) is 8.78. The van der Waals surface area contributed by atoms with E-state index in [4.69, 9.17) is 19.2 Å². The fraction of sp³-hybridized carbons (Fsp3) is 0.542. The van der Waals surface area contributed by atoms with E-state index in [1.165, 1.54) is 0 Å². The Labute approximate surface area is 206 Å². The van der Waals surface area contributed by atoms with E-state index in [1.807, 2.05) is 6.92 Å². The zero-order valence-electron chi connectivity index (χ0n) is 21.2. The van der Waals surface area contributed by atoms with Gasteiger partial charge in [0, 0.05) is 76.3 Å². The maximum absolute atomic E-state index is 12.9. The number of piperazine rings is 2. The molecule has 4 rings (SSSR count). The van der Waals surface area contributed by atoms with Gasteiger partial charge in [0.15, 0.2) is 11.5 Å². The number of amides is 2. The summed E-state index contributed by atoms with van der Waals surface area (Å²) in [6.07, 6.45) is 0. The highest BCUT2D eigenvalue weighted by molar-refractivity contribution is 5.90. The van der Waals surface area contributed by atoms with Crippen LogP contribution in [0.4, 0.5) is 22.2 Å². The van der Waals surface area contributed by atoms with Crippen LogP contribution in [0.2, 0.25) is 0 Å². The number of likely N-dealkylation sites (N-methyl/N-ethyl adjacent to an activating group) is 1. The van der Waals surface area contributed by atoms with Crippen molar-refractivity contribution in [3.63, 3.8) is 0 Å². The molecule has 0 saturated carbocycles. The Morgan fingerprint density at radius 3 is 2.00 bits per heavy atom. The van der Waals surface area contributed by atoms with Crippen LogP contribution in [0.3, 0.4) is 0 Å². The average molecular weight is 486 g/mol. The van der Waals surface area contributed by atoms with Crippen molar-refractivity contribution < 1.29 is 19.0 Å². The lowest BCUT2D eigenvalue weighted by atomic mass is 10.2. The molecule has 0 radical (unpaired) electrons. The van der Waals surface area contributed by atoms with Crippen molar-refractivity contribution in [1.29, 1.82) is 0 Å². The van der Waals surface area contributed by atoms with Gasteiger partial charge in [-0.1, -0.05) is 0 Å². The summed E-state index contributed by atoms with van der Waals surface area (Å²) in [5.41, 5.74) is 1.53. The second-order valence-corrected chi connectivity index (χ2v) is 8.78. The monoisotopic (exact) mass is 485 g/mol. The number of methoxy groups -OCH3 is 3. The molecule has 1 N–H and O–H groups in total. The standard InChI is InChI=1S/C24H35N7O4/c1-17-14-21(29-8-6-28(2)7-9-29)27-23(25-17)30-10-12-31(13-11-30)24(32)26-18-15-19(33-3)22(35-5)20(16-18)34-4/h14-16H,6-13H2,1-5H3,(H,26,32). The van der Waals surface area contributed by atoms with Gasteiger partial charge in [-0.05, 0) is 14.0 Å². The van der Waals surface area contributed by atoms with E-state index in [0.717, 1.165) is 43.6 Å². The summed E-state index contributed by atoms with van der Waals surface area (Å²) in [5.74, 6) is 3.15. The van der Waals surface area contributed by atoms with E-state index >= 15 is 0 Å². The van der Waals surface area contributed by atoms with E-state index in [-0.39, 0.29) is 6.03 Å². The molecule has 0 atom stereocenters. The maximum Gasteiger partial charge on any atom is 0.321 e. The second kappa shape index (κ2) is 10.9. The Morgan fingerprint density at radius 1 is 0.829 bits per heavy atom. The summed E-state index contributed by atoms with van der Waals surface area (Å²) in [6.45, 7) is 8.43. The van der Waals surface area contributed by atoms with Crippen LogP contribution >= 0.6 is 0 Å². The molecule has 11 nitrogen and oxygen atoms in total. The highest BCUT2D eigenvalue weighted by Gasteiger charge is 2.25. The third-order valence-corrected chi connectivity index (χ3v) is 6.42. The molecule has 1 aromatic heterocycles. The van der Waals surface area contributed by atoms with Crippen molar-refractivity contribution in [3.05, 3.63) is 23.9 Å². The molecule has 0 spiro atoms. The molecule has 2 saturated heterocycles. The fourth-order valence-electron chi connectivity index (χ4n) is 4.34. The SMILES string of the molecule is COc1cc(NC(=O)N2CCN(c3nc(C)cc(N4CCN(C)CC4)n3)CC2)cc(OC)c1OC. The third-order valence-electron chi connectivity index (χ3n) is 6.42. The number of rotatable bonds is 6.